The summed E-state index contributed by atoms with van der Waals surface area (Å²) < 4.78 is 25.8. The molecule has 0 spiro atoms. The molecule has 0 radical (unpaired) electrons. The first-order chi connectivity index (χ1) is 25.8. The monoisotopic (exact) mass is 792 g/mol. The van der Waals surface area contributed by atoms with E-state index in [1.807, 2.05) is 12.1 Å². The van der Waals surface area contributed by atoms with E-state index < -0.39 is 16.6 Å². The minimum Gasteiger partial charge on any atom is -0.493 e. The molecule has 54 heavy (non-hydrogen) atoms. The predicted octanol–water partition coefficient (Wildman–Crippen LogP) is 15.3. The second-order valence-electron chi connectivity index (χ2n) is 18.4. The SMILES string of the molecule is CC(C)[Si](OCCCCCCCCCCCOc1ccc(CN)c(OCCCCCCCCCCCO[Si](C(C)C)(C(C)C)C(C)C)c1)(C(C)C)C(C)C. The van der Waals surface area contributed by atoms with Crippen molar-refractivity contribution in [2.75, 3.05) is 26.4 Å². The number of ether oxygens (including phenoxy) is 2. The van der Waals surface area contributed by atoms with Crippen molar-refractivity contribution in [2.24, 2.45) is 5.73 Å². The summed E-state index contributed by atoms with van der Waals surface area (Å²) in [5.74, 6) is 1.79. The number of hydrogen-bond acceptors (Lipinski definition) is 5. The first-order valence-electron chi connectivity index (χ1n) is 23.1. The van der Waals surface area contributed by atoms with Crippen LogP contribution in [-0.2, 0) is 15.4 Å². The van der Waals surface area contributed by atoms with Crippen LogP contribution in [0, 0.1) is 0 Å². The van der Waals surface area contributed by atoms with Crippen LogP contribution in [0.15, 0.2) is 18.2 Å². The fourth-order valence-corrected chi connectivity index (χ4v) is 20.7. The van der Waals surface area contributed by atoms with E-state index in [0.29, 0.717) is 39.8 Å². The highest BCUT2D eigenvalue weighted by Gasteiger charge is 2.45. The Bertz CT molecular complexity index is 1000. The lowest BCUT2D eigenvalue weighted by atomic mass is 10.1. The topological polar surface area (TPSA) is 62.9 Å². The Balaban J connectivity index is 2.12. The molecule has 0 aliphatic rings. The lowest BCUT2D eigenvalue weighted by molar-refractivity contribution is 0.267. The van der Waals surface area contributed by atoms with Crippen molar-refractivity contribution in [3.63, 3.8) is 0 Å². The molecule has 0 atom stereocenters. The molecule has 0 bridgehead atoms. The number of rotatable bonds is 35. The highest BCUT2D eigenvalue weighted by atomic mass is 28.4. The van der Waals surface area contributed by atoms with Gasteiger partial charge in [0.25, 0.3) is 0 Å². The Morgan fingerprint density at radius 1 is 0.407 bits per heavy atom. The van der Waals surface area contributed by atoms with Gasteiger partial charge in [-0.3, -0.25) is 0 Å². The smallest absolute Gasteiger partial charge is 0.200 e. The molecule has 2 N–H and O–H groups in total. The number of hydrogen-bond donors (Lipinski definition) is 1. The van der Waals surface area contributed by atoms with Crippen LogP contribution in [0.25, 0.3) is 0 Å². The molecule has 0 aliphatic carbocycles. The van der Waals surface area contributed by atoms with Crippen LogP contribution in [0.4, 0.5) is 0 Å². The average Bonchev–Trinajstić information content (AvgIpc) is 3.11. The summed E-state index contributed by atoms with van der Waals surface area (Å²) in [4.78, 5) is 0. The molecule has 318 valence electrons. The van der Waals surface area contributed by atoms with Gasteiger partial charge in [0.15, 0.2) is 16.6 Å². The van der Waals surface area contributed by atoms with Gasteiger partial charge in [0.2, 0.25) is 0 Å². The molecule has 5 nitrogen and oxygen atoms in total. The van der Waals surface area contributed by atoms with Crippen molar-refractivity contribution in [3.8, 4) is 11.5 Å². The number of unbranched alkanes of at least 4 members (excludes halogenated alkanes) is 16. The van der Waals surface area contributed by atoms with Gasteiger partial charge in [-0.1, -0.05) is 179 Å². The fourth-order valence-electron chi connectivity index (χ4n) is 9.68. The van der Waals surface area contributed by atoms with Crippen molar-refractivity contribution in [2.45, 2.75) is 238 Å². The van der Waals surface area contributed by atoms with Gasteiger partial charge in [0.1, 0.15) is 11.5 Å². The van der Waals surface area contributed by atoms with Crippen LogP contribution in [0.1, 0.15) is 204 Å². The first kappa shape index (κ1) is 51.2. The van der Waals surface area contributed by atoms with Gasteiger partial charge in [-0.15, -0.1) is 0 Å². The minimum atomic E-state index is -1.70. The molecule has 1 aromatic carbocycles. The number of nitrogens with two attached hydrogens (primary N) is 1. The van der Waals surface area contributed by atoms with Gasteiger partial charge in [-0.05, 0) is 65.0 Å². The van der Waals surface area contributed by atoms with E-state index >= 15 is 0 Å². The van der Waals surface area contributed by atoms with Gasteiger partial charge in [0, 0.05) is 31.4 Å². The molecule has 7 heteroatoms. The van der Waals surface area contributed by atoms with Crippen molar-refractivity contribution in [3.05, 3.63) is 23.8 Å². The third kappa shape index (κ3) is 18.2. The van der Waals surface area contributed by atoms with E-state index in [2.05, 4.69) is 89.2 Å². The normalized spacial score (nSPS) is 12.8. The van der Waals surface area contributed by atoms with E-state index in [-0.39, 0.29) is 0 Å². The van der Waals surface area contributed by atoms with Crippen LogP contribution in [-0.4, -0.2) is 43.1 Å². The Hall–Kier alpha value is -0.866. The van der Waals surface area contributed by atoms with E-state index in [0.717, 1.165) is 56.3 Å². The Morgan fingerprint density at radius 3 is 1.02 bits per heavy atom. The van der Waals surface area contributed by atoms with Gasteiger partial charge in [-0.25, -0.2) is 0 Å². The summed E-state index contributed by atoms with van der Waals surface area (Å²) >= 11 is 0. The molecular formula is C47H93NO4Si2. The quantitative estimate of drug-likeness (QED) is 0.0548. The molecule has 0 saturated heterocycles. The van der Waals surface area contributed by atoms with Gasteiger partial charge >= 0.3 is 0 Å². The Morgan fingerprint density at radius 2 is 0.704 bits per heavy atom. The lowest BCUT2D eigenvalue weighted by Gasteiger charge is -2.42. The molecule has 0 unspecified atom stereocenters. The summed E-state index contributed by atoms with van der Waals surface area (Å²) in [6, 6.07) is 6.16. The van der Waals surface area contributed by atoms with Crippen LogP contribution >= 0.6 is 0 Å². The van der Waals surface area contributed by atoms with Crippen LogP contribution in [0.3, 0.4) is 0 Å². The van der Waals surface area contributed by atoms with Crippen LogP contribution in [0.2, 0.25) is 33.2 Å². The standard InChI is InChI=1S/C47H93NO4Si2/c1-39(2)53(40(3)4,41(5)6)51-35-29-25-21-17-13-15-19-23-27-33-49-46-32-31-45(38-48)47(37-46)50-34-28-24-20-16-14-18-22-26-30-36-52-54(42(7)8,43(9)10)44(11)12/h31-32,37,39-44H,13-30,33-36,38,48H2,1-12H3. The molecule has 1 rings (SSSR count). The molecule has 0 aromatic heterocycles. The maximum absolute atomic E-state index is 6.73. The summed E-state index contributed by atoms with van der Waals surface area (Å²) in [6.45, 7) is 32.5. The van der Waals surface area contributed by atoms with Gasteiger partial charge in [0.05, 0.1) is 13.2 Å². The molecule has 0 fully saturated rings. The Kier molecular flexibility index (Phi) is 27.8. The van der Waals surface area contributed by atoms with Gasteiger partial charge in [-0.2, -0.15) is 0 Å². The van der Waals surface area contributed by atoms with Crippen molar-refractivity contribution in [1.82, 2.24) is 0 Å². The summed E-state index contributed by atoms with van der Waals surface area (Å²) in [6.07, 6.45) is 23.0. The molecule has 1 aromatic rings. The van der Waals surface area contributed by atoms with E-state index in [4.69, 9.17) is 24.1 Å². The zero-order valence-electron chi connectivity index (χ0n) is 38.2. The third-order valence-corrected chi connectivity index (χ3v) is 24.7. The van der Waals surface area contributed by atoms with Crippen LogP contribution < -0.4 is 15.2 Å². The number of benzene rings is 1. The van der Waals surface area contributed by atoms with E-state index in [9.17, 15) is 0 Å². The fraction of sp³-hybridized carbons (Fsp3) is 0.872. The lowest BCUT2D eigenvalue weighted by Crippen LogP contribution is -2.47. The van der Waals surface area contributed by atoms with E-state index in [1.165, 1.54) is 103 Å². The van der Waals surface area contributed by atoms with Crippen molar-refractivity contribution >= 4 is 16.6 Å². The zero-order chi connectivity index (χ0) is 40.4. The summed E-state index contributed by atoms with van der Waals surface area (Å²) in [5, 5.41) is 0. The summed E-state index contributed by atoms with van der Waals surface area (Å²) in [7, 11) is -3.41. The average molecular weight is 792 g/mol. The maximum atomic E-state index is 6.73. The third-order valence-electron chi connectivity index (χ3n) is 12.5. The summed E-state index contributed by atoms with van der Waals surface area (Å²) in [5.41, 5.74) is 11.1. The van der Waals surface area contributed by atoms with Gasteiger partial charge < -0.3 is 24.1 Å². The zero-order valence-corrected chi connectivity index (χ0v) is 40.2. The van der Waals surface area contributed by atoms with Crippen molar-refractivity contribution in [1.29, 1.82) is 0 Å². The highest BCUT2D eigenvalue weighted by Crippen LogP contribution is 2.43. The maximum Gasteiger partial charge on any atom is 0.200 e. The minimum absolute atomic E-state index is 0.488. The highest BCUT2D eigenvalue weighted by molar-refractivity contribution is 6.78. The van der Waals surface area contributed by atoms with Crippen LogP contribution in [0.5, 0.6) is 11.5 Å². The second-order valence-corrected chi connectivity index (χ2v) is 29.3. The molecule has 0 aliphatic heterocycles. The second kappa shape index (κ2) is 29.4. The molecule has 0 heterocycles. The van der Waals surface area contributed by atoms with Crippen molar-refractivity contribution < 1.29 is 18.3 Å². The first-order valence-corrected chi connectivity index (χ1v) is 27.4. The predicted molar refractivity (Wildman–Crippen MR) is 242 cm³/mol. The van der Waals surface area contributed by atoms with E-state index in [1.54, 1.807) is 0 Å². The molecular weight excluding hydrogens is 699 g/mol. The largest absolute Gasteiger partial charge is 0.493 e. The molecule has 0 saturated carbocycles. The molecule has 0 amide bonds. The Labute approximate surface area is 339 Å².